The van der Waals surface area contributed by atoms with E-state index < -0.39 is 11.8 Å². The van der Waals surface area contributed by atoms with E-state index in [0.717, 1.165) is 11.3 Å². The molecule has 0 atom stereocenters. The van der Waals surface area contributed by atoms with Gasteiger partial charge in [0.15, 0.2) is 5.78 Å². The lowest BCUT2D eigenvalue weighted by atomic mass is 10.0. The third kappa shape index (κ3) is 7.29. The minimum atomic E-state index is -0.531. The number of hydrogen-bond acceptors (Lipinski definition) is 6. The van der Waals surface area contributed by atoms with Crippen LogP contribution in [0.1, 0.15) is 37.4 Å². The molecule has 0 heterocycles. The van der Waals surface area contributed by atoms with E-state index in [1.807, 2.05) is 48.5 Å². The van der Waals surface area contributed by atoms with E-state index in [1.54, 1.807) is 67.8 Å². The van der Waals surface area contributed by atoms with E-state index in [-0.39, 0.29) is 17.2 Å². The van der Waals surface area contributed by atoms with Crippen LogP contribution in [0.25, 0.3) is 17.2 Å². The SMILES string of the molecule is COc1ccc(OC)c(/C=C(\NC(=O)c2ccccc2)C(=O)Nc2cccc(SCC(=O)c3ccc4c(c3)Cc3ccccc3-4)c2)c1. The summed E-state index contributed by atoms with van der Waals surface area (Å²) in [5.74, 6) is 0.376. The van der Waals surface area contributed by atoms with Crippen LogP contribution in [0, 0.1) is 0 Å². The minimum absolute atomic E-state index is 0.0115. The van der Waals surface area contributed by atoms with Crippen LogP contribution in [-0.2, 0) is 11.2 Å². The van der Waals surface area contributed by atoms with Crippen molar-refractivity contribution in [2.45, 2.75) is 11.3 Å². The highest BCUT2D eigenvalue weighted by atomic mass is 32.2. The first-order chi connectivity index (χ1) is 22.9. The Morgan fingerprint density at radius 3 is 2.34 bits per heavy atom. The topological polar surface area (TPSA) is 93.7 Å². The fourth-order valence-electron chi connectivity index (χ4n) is 5.46. The van der Waals surface area contributed by atoms with Gasteiger partial charge in [-0.3, -0.25) is 14.4 Å². The average Bonchev–Trinajstić information content (AvgIpc) is 3.48. The molecule has 0 bridgehead atoms. The number of rotatable bonds is 11. The number of anilines is 1. The summed E-state index contributed by atoms with van der Waals surface area (Å²) in [5, 5.41) is 5.64. The maximum absolute atomic E-state index is 13.6. The number of ketones is 1. The number of methoxy groups -OCH3 is 2. The average molecular weight is 641 g/mol. The Morgan fingerprint density at radius 2 is 1.53 bits per heavy atom. The Bertz CT molecular complexity index is 2000. The van der Waals surface area contributed by atoms with E-state index >= 15 is 0 Å². The van der Waals surface area contributed by atoms with Crippen LogP contribution in [0.15, 0.2) is 126 Å². The second kappa shape index (κ2) is 14.2. The van der Waals surface area contributed by atoms with E-state index in [1.165, 1.54) is 41.1 Å². The van der Waals surface area contributed by atoms with Crippen molar-refractivity contribution >= 4 is 41.1 Å². The van der Waals surface area contributed by atoms with Crippen LogP contribution in [0.2, 0.25) is 0 Å². The lowest BCUT2D eigenvalue weighted by molar-refractivity contribution is -0.113. The molecule has 6 rings (SSSR count). The molecule has 5 aromatic rings. The summed E-state index contributed by atoms with van der Waals surface area (Å²) in [6.45, 7) is 0. The van der Waals surface area contributed by atoms with Gasteiger partial charge in [0.25, 0.3) is 11.8 Å². The number of ether oxygens (including phenoxy) is 2. The maximum Gasteiger partial charge on any atom is 0.272 e. The summed E-state index contributed by atoms with van der Waals surface area (Å²) < 4.78 is 10.8. The lowest BCUT2D eigenvalue weighted by Crippen LogP contribution is -2.30. The van der Waals surface area contributed by atoms with Gasteiger partial charge >= 0.3 is 0 Å². The molecule has 2 N–H and O–H groups in total. The zero-order chi connectivity index (χ0) is 32.8. The highest BCUT2D eigenvalue weighted by Gasteiger charge is 2.20. The van der Waals surface area contributed by atoms with Crippen molar-refractivity contribution in [3.63, 3.8) is 0 Å². The molecule has 0 saturated heterocycles. The largest absolute Gasteiger partial charge is 0.497 e. The van der Waals surface area contributed by atoms with Gasteiger partial charge in [0.2, 0.25) is 0 Å². The minimum Gasteiger partial charge on any atom is -0.497 e. The van der Waals surface area contributed by atoms with Gasteiger partial charge in [0.1, 0.15) is 17.2 Å². The Hall–Kier alpha value is -5.60. The molecule has 0 aromatic heterocycles. The van der Waals surface area contributed by atoms with Crippen LogP contribution < -0.4 is 20.1 Å². The summed E-state index contributed by atoms with van der Waals surface area (Å²) in [4.78, 5) is 40.7. The third-order valence-corrected chi connectivity index (χ3v) is 8.84. The van der Waals surface area contributed by atoms with E-state index in [2.05, 4.69) is 22.8 Å². The third-order valence-electron chi connectivity index (χ3n) is 7.84. The fraction of sp³-hybridized carbons (Fsp3) is 0.103. The number of amides is 2. The van der Waals surface area contributed by atoms with Gasteiger partial charge < -0.3 is 20.1 Å². The molecule has 0 saturated carbocycles. The number of thioether (sulfide) groups is 1. The Balaban J connectivity index is 1.17. The molecular formula is C39H32N2O5S. The van der Waals surface area contributed by atoms with Gasteiger partial charge in [-0.2, -0.15) is 0 Å². The molecule has 0 unspecified atom stereocenters. The number of benzene rings is 5. The van der Waals surface area contributed by atoms with Crippen molar-refractivity contribution in [1.82, 2.24) is 5.32 Å². The fourth-order valence-corrected chi connectivity index (χ4v) is 6.31. The molecule has 0 aliphatic heterocycles. The van der Waals surface area contributed by atoms with Gasteiger partial charge in [0.05, 0.1) is 20.0 Å². The number of carbonyl (C=O) groups is 3. The molecule has 0 radical (unpaired) electrons. The Morgan fingerprint density at radius 1 is 0.745 bits per heavy atom. The number of fused-ring (bicyclic) bond motifs is 3. The number of hydrogen-bond donors (Lipinski definition) is 2. The van der Waals surface area contributed by atoms with Gasteiger partial charge in [0, 0.05) is 27.3 Å². The standard InChI is InChI=1S/C39H32N2O5S/c1-45-31-16-18-37(46-2)29(21-31)22-35(41-38(43)25-9-4-3-5-10-25)39(44)40-30-12-8-13-32(23-30)47-24-36(42)27-15-17-34-28(20-27)19-26-11-6-7-14-33(26)34/h3-18,20-23H,19,24H2,1-2H3,(H,40,44)(H,41,43)/b35-22-. The van der Waals surface area contributed by atoms with Crippen LogP contribution in [0.4, 0.5) is 5.69 Å². The zero-order valence-corrected chi connectivity index (χ0v) is 26.7. The van der Waals surface area contributed by atoms with Gasteiger partial charge in [-0.05, 0) is 89.3 Å². The molecule has 5 aromatic carbocycles. The van der Waals surface area contributed by atoms with Crippen molar-refractivity contribution < 1.29 is 23.9 Å². The predicted octanol–water partition coefficient (Wildman–Crippen LogP) is 7.66. The molecule has 0 fully saturated rings. The van der Waals surface area contributed by atoms with Gasteiger partial charge in [-0.25, -0.2) is 0 Å². The predicted molar refractivity (Wildman–Crippen MR) is 186 cm³/mol. The molecular weight excluding hydrogens is 609 g/mol. The molecule has 47 heavy (non-hydrogen) atoms. The summed E-state index contributed by atoms with van der Waals surface area (Å²) in [7, 11) is 3.07. The zero-order valence-electron chi connectivity index (χ0n) is 25.9. The first-order valence-corrected chi connectivity index (χ1v) is 16.0. The summed E-state index contributed by atoms with van der Waals surface area (Å²) in [5.41, 5.74) is 7.02. The molecule has 1 aliphatic carbocycles. The second-order valence-electron chi connectivity index (χ2n) is 10.9. The van der Waals surface area contributed by atoms with E-state index in [9.17, 15) is 14.4 Å². The van der Waals surface area contributed by atoms with Gasteiger partial charge in [-0.15, -0.1) is 11.8 Å². The van der Waals surface area contributed by atoms with Crippen molar-refractivity contribution in [1.29, 1.82) is 0 Å². The highest BCUT2D eigenvalue weighted by molar-refractivity contribution is 8.00. The smallest absolute Gasteiger partial charge is 0.272 e. The summed E-state index contributed by atoms with van der Waals surface area (Å²) >= 11 is 1.40. The van der Waals surface area contributed by atoms with Crippen molar-refractivity contribution in [2.24, 2.45) is 0 Å². The Kier molecular flexibility index (Phi) is 9.50. The van der Waals surface area contributed by atoms with Gasteiger partial charge in [-0.1, -0.05) is 60.7 Å². The summed E-state index contributed by atoms with van der Waals surface area (Å²) in [6.07, 6.45) is 2.37. The Labute approximate surface area is 277 Å². The molecule has 234 valence electrons. The first kappa shape index (κ1) is 31.4. The molecule has 7 nitrogen and oxygen atoms in total. The molecule has 1 aliphatic rings. The van der Waals surface area contributed by atoms with Crippen LogP contribution in [0.5, 0.6) is 11.5 Å². The normalized spacial score (nSPS) is 11.7. The number of carbonyl (C=O) groups excluding carboxylic acids is 3. The van der Waals surface area contributed by atoms with Crippen molar-refractivity contribution in [3.8, 4) is 22.6 Å². The number of nitrogens with one attached hydrogen (secondary N) is 2. The van der Waals surface area contributed by atoms with Crippen LogP contribution in [-0.4, -0.2) is 37.6 Å². The van der Waals surface area contributed by atoms with E-state index in [0.29, 0.717) is 33.9 Å². The summed E-state index contributed by atoms with van der Waals surface area (Å²) in [6, 6.07) is 35.4. The van der Waals surface area contributed by atoms with Crippen molar-refractivity contribution in [2.75, 3.05) is 25.3 Å². The molecule has 8 heteroatoms. The first-order valence-electron chi connectivity index (χ1n) is 15.0. The number of Topliss-reactive ketones (excluding diaryl/α,β-unsaturated/α-hetero) is 1. The quantitative estimate of drug-likeness (QED) is 0.0858. The highest BCUT2D eigenvalue weighted by Crippen LogP contribution is 2.37. The van der Waals surface area contributed by atoms with Crippen molar-refractivity contribution in [3.05, 3.63) is 149 Å². The van der Waals surface area contributed by atoms with E-state index in [4.69, 9.17) is 9.47 Å². The molecule has 0 spiro atoms. The maximum atomic E-state index is 13.6. The monoisotopic (exact) mass is 640 g/mol. The second-order valence-corrected chi connectivity index (χ2v) is 11.9. The van der Waals surface area contributed by atoms with Crippen LogP contribution >= 0.6 is 11.8 Å². The van der Waals surface area contributed by atoms with Crippen LogP contribution in [0.3, 0.4) is 0 Å². The molecule has 2 amide bonds. The lowest BCUT2D eigenvalue weighted by Gasteiger charge is -2.13.